The second-order valence-electron chi connectivity index (χ2n) is 3.45. The van der Waals surface area contributed by atoms with Crippen LogP contribution in [-0.2, 0) is 0 Å². The third-order valence-electron chi connectivity index (χ3n) is 2.32. The second-order valence-corrected chi connectivity index (χ2v) is 5.16. The Morgan fingerprint density at radius 1 is 1.43 bits per heavy atom. The zero-order valence-corrected chi connectivity index (χ0v) is 11.0. The lowest BCUT2D eigenvalue weighted by Gasteiger charge is -2.22. The topological polar surface area (TPSA) is 16.1 Å². The maximum Gasteiger partial charge on any atom is 0.128 e. The largest absolute Gasteiger partial charge is 0.353 e. The number of rotatable bonds is 4. The van der Waals surface area contributed by atoms with E-state index < -0.39 is 0 Å². The molecule has 0 bridgehead atoms. The summed E-state index contributed by atoms with van der Waals surface area (Å²) >= 11 is 6.88. The molecular weight excluding hydrogens is 308 g/mol. The summed E-state index contributed by atoms with van der Waals surface area (Å²) in [5.74, 6) is 1.09. The highest BCUT2D eigenvalue weighted by Crippen LogP contribution is 2.30. The molecule has 1 aliphatic carbocycles. The first-order valence-electron chi connectivity index (χ1n) is 4.75. The summed E-state index contributed by atoms with van der Waals surface area (Å²) in [6, 6.07) is 4.85. The van der Waals surface area contributed by atoms with Gasteiger partial charge in [0.1, 0.15) is 5.82 Å². The third kappa shape index (κ3) is 2.48. The maximum atomic E-state index is 4.42. The SMILES string of the molecule is BrCCN(c1ccc(Br)cn1)C1CC1. The van der Waals surface area contributed by atoms with Crippen LogP contribution in [-0.4, -0.2) is 22.9 Å². The number of aromatic nitrogens is 1. The second kappa shape index (κ2) is 4.62. The molecule has 0 aromatic carbocycles. The van der Waals surface area contributed by atoms with Crippen LogP contribution in [0.2, 0.25) is 0 Å². The first-order valence-corrected chi connectivity index (χ1v) is 6.67. The number of hydrogen-bond donors (Lipinski definition) is 0. The van der Waals surface area contributed by atoms with Crippen molar-refractivity contribution in [1.82, 2.24) is 4.98 Å². The van der Waals surface area contributed by atoms with Gasteiger partial charge in [0.05, 0.1) is 0 Å². The Morgan fingerprint density at radius 3 is 2.71 bits per heavy atom. The maximum absolute atomic E-state index is 4.42. The van der Waals surface area contributed by atoms with Crippen molar-refractivity contribution in [1.29, 1.82) is 0 Å². The Bertz CT molecular complexity index is 295. The number of alkyl halides is 1. The number of hydrogen-bond acceptors (Lipinski definition) is 2. The van der Waals surface area contributed by atoms with Gasteiger partial charge in [0.2, 0.25) is 0 Å². The van der Waals surface area contributed by atoms with Crippen LogP contribution in [0.5, 0.6) is 0 Å². The fourth-order valence-corrected chi connectivity index (χ4v) is 2.12. The minimum atomic E-state index is 0.723. The molecule has 1 heterocycles. The van der Waals surface area contributed by atoms with E-state index in [4.69, 9.17) is 0 Å². The van der Waals surface area contributed by atoms with E-state index in [9.17, 15) is 0 Å². The van der Waals surface area contributed by atoms with Gasteiger partial charge in [-0.2, -0.15) is 0 Å². The van der Waals surface area contributed by atoms with E-state index in [0.29, 0.717) is 0 Å². The van der Waals surface area contributed by atoms with Crippen molar-refractivity contribution in [3.8, 4) is 0 Å². The van der Waals surface area contributed by atoms with Crippen molar-refractivity contribution in [3.63, 3.8) is 0 Å². The molecule has 0 saturated heterocycles. The molecule has 1 saturated carbocycles. The highest BCUT2D eigenvalue weighted by Gasteiger charge is 2.29. The van der Waals surface area contributed by atoms with Crippen LogP contribution in [0.4, 0.5) is 5.82 Å². The summed E-state index contributed by atoms with van der Waals surface area (Å²) in [7, 11) is 0. The molecular formula is C10H12Br2N2. The summed E-state index contributed by atoms with van der Waals surface area (Å²) in [4.78, 5) is 6.79. The smallest absolute Gasteiger partial charge is 0.128 e. The lowest BCUT2D eigenvalue weighted by atomic mass is 10.4. The van der Waals surface area contributed by atoms with E-state index in [-0.39, 0.29) is 0 Å². The van der Waals surface area contributed by atoms with E-state index in [1.165, 1.54) is 12.8 Å². The van der Waals surface area contributed by atoms with Gasteiger partial charge < -0.3 is 4.90 Å². The van der Waals surface area contributed by atoms with Gasteiger partial charge in [-0.1, -0.05) is 15.9 Å². The lowest BCUT2D eigenvalue weighted by Crippen LogP contribution is -2.28. The Labute approximate surface area is 101 Å². The summed E-state index contributed by atoms with van der Waals surface area (Å²) in [6.45, 7) is 1.04. The highest BCUT2D eigenvalue weighted by molar-refractivity contribution is 9.10. The van der Waals surface area contributed by atoms with Gasteiger partial charge >= 0.3 is 0 Å². The molecule has 76 valence electrons. The van der Waals surface area contributed by atoms with Gasteiger partial charge in [-0.15, -0.1) is 0 Å². The monoisotopic (exact) mass is 318 g/mol. The lowest BCUT2D eigenvalue weighted by molar-refractivity contribution is 0.815. The summed E-state index contributed by atoms with van der Waals surface area (Å²) in [5, 5.41) is 1.00. The van der Waals surface area contributed by atoms with E-state index >= 15 is 0 Å². The average Bonchev–Trinajstić information content (AvgIpc) is 2.99. The molecule has 0 radical (unpaired) electrons. The minimum Gasteiger partial charge on any atom is -0.353 e. The number of pyridine rings is 1. The predicted molar refractivity (Wildman–Crippen MR) is 66.1 cm³/mol. The molecule has 1 aromatic heterocycles. The van der Waals surface area contributed by atoms with Crippen molar-refractivity contribution in [2.75, 3.05) is 16.8 Å². The van der Waals surface area contributed by atoms with Crippen LogP contribution < -0.4 is 4.90 Å². The fourth-order valence-electron chi connectivity index (χ4n) is 1.50. The molecule has 14 heavy (non-hydrogen) atoms. The van der Waals surface area contributed by atoms with Crippen LogP contribution in [0.3, 0.4) is 0 Å². The Hall–Kier alpha value is -0.0900. The van der Waals surface area contributed by atoms with Gasteiger partial charge in [-0.25, -0.2) is 4.98 Å². The van der Waals surface area contributed by atoms with Crippen LogP contribution in [0.25, 0.3) is 0 Å². The van der Waals surface area contributed by atoms with Crippen LogP contribution in [0.15, 0.2) is 22.8 Å². The van der Waals surface area contributed by atoms with E-state index in [2.05, 4.69) is 47.8 Å². The third-order valence-corrected chi connectivity index (χ3v) is 3.14. The van der Waals surface area contributed by atoms with Crippen LogP contribution in [0.1, 0.15) is 12.8 Å². The van der Waals surface area contributed by atoms with Crippen molar-refractivity contribution in [3.05, 3.63) is 22.8 Å². The van der Waals surface area contributed by atoms with Crippen LogP contribution >= 0.6 is 31.9 Å². The Kier molecular flexibility index (Phi) is 3.44. The van der Waals surface area contributed by atoms with Gasteiger partial charge in [0.15, 0.2) is 0 Å². The van der Waals surface area contributed by atoms with Crippen molar-refractivity contribution < 1.29 is 0 Å². The zero-order chi connectivity index (χ0) is 9.97. The summed E-state index contributed by atoms with van der Waals surface area (Å²) < 4.78 is 1.04. The highest BCUT2D eigenvalue weighted by atomic mass is 79.9. The standard InChI is InChI=1S/C10H12Br2N2/c11-5-6-14(9-2-3-9)10-4-1-8(12)7-13-10/h1,4,7,9H,2-3,5-6H2. The average molecular weight is 320 g/mol. The molecule has 1 fully saturated rings. The first kappa shape index (κ1) is 10.4. The van der Waals surface area contributed by atoms with E-state index in [0.717, 1.165) is 28.2 Å². The molecule has 1 aromatic rings. The molecule has 2 rings (SSSR count). The molecule has 2 nitrogen and oxygen atoms in total. The molecule has 1 aliphatic rings. The molecule has 0 unspecified atom stereocenters. The van der Waals surface area contributed by atoms with Crippen molar-refractivity contribution in [2.45, 2.75) is 18.9 Å². The Morgan fingerprint density at radius 2 is 2.21 bits per heavy atom. The minimum absolute atomic E-state index is 0.723. The normalized spacial score (nSPS) is 15.6. The van der Waals surface area contributed by atoms with Crippen molar-refractivity contribution in [2.24, 2.45) is 0 Å². The number of anilines is 1. The molecule has 0 atom stereocenters. The number of nitrogens with zero attached hydrogens (tertiary/aromatic N) is 2. The predicted octanol–water partition coefficient (Wildman–Crippen LogP) is 3.21. The van der Waals surface area contributed by atoms with Gasteiger partial charge in [-0.3, -0.25) is 0 Å². The zero-order valence-electron chi connectivity index (χ0n) is 7.79. The van der Waals surface area contributed by atoms with Gasteiger partial charge in [-0.05, 0) is 40.9 Å². The fraction of sp³-hybridized carbons (Fsp3) is 0.500. The summed E-state index contributed by atoms with van der Waals surface area (Å²) in [5.41, 5.74) is 0. The van der Waals surface area contributed by atoms with Crippen molar-refractivity contribution >= 4 is 37.7 Å². The molecule has 0 spiro atoms. The van der Waals surface area contributed by atoms with E-state index in [1.54, 1.807) is 0 Å². The number of halogens is 2. The van der Waals surface area contributed by atoms with Gasteiger partial charge in [0.25, 0.3) is 0 Å². The van der Waals surface area contributed by atoms with E-state index in [1.807, 2.05) is 12.3 Å². The first-order chi connectivity index (χ1) is 6.81. The molecule has 0 amide bonds. The Balaban J connectivity index is 2.13. The quantitative estimate of drug-likeness (QED) is 0.792. The summed E-state index contributed by atoms with van der Waals surface area (Å²) in [6.07, 6.45) is 4.48. The van der Waals surface area contributed by atoms with Gasteiger partial charge in [0, 0.05) is 28.6 Å². The molecule has 0 N–H and O–H groups in total. The van der Waals surface area contributed by atoms with Crippen LogP contribution in [0, 0.1) is 0 Å². The molecule has 0 aliphatic heterocycles. The molecule has 4 heteroatoms.